The van der Waals surface area contributed by atoms with Crippen molar-refractivity contribution < 1.29 is 28.0 Å². The highest BCUT2D eigenvalue weighted by Crippen LogP contribution is 2.68. The molecule has 0 radical (unpaired) electrons. The van der Waals surface area contributed by atoms with Gasteiger partial charge in [-0.3, -0.25) is 9.59 Å². The van der Waals surface area contributed by atoms with Crippen LogP contribution in [0.1, 0.15) is 111 Å². The summed E-state index contributed by atoms with van der Waals surface area (Å²) in [5, 5.41) is 0. The Bertz CT molecular complexity index is 1000. The van der Waals surface area contributed by atoms with E-state index in [1.807, 2.05) is 0 Å². The maximum Gasteiger partial charge on any atom is 0.303 e. The number of esters is 2. The average molecular weight is 573 g/mol. The van der Waals surface area contributed by atoms with Gasteiger partial charge in [0.15, 0.2) is 12.2 Å². The first kappa shape index (κ1) is 29.9. The molecule has 0 aromatic rings. The molecule has 0 N–H and O–H groups in total. The minimum absolute atomic E-state index is 0.0462. The van der Waals surface area contributed by atoms with E-state index >= 15 is 0 Å². The van der Waals surface area contributed by atoms with Crippen LogP contribution in [0.3, 0.4) is 0 Å². The number of quaternary nitrogens is 2. The maximum absolute atomic E-state index is 12.5. The van der Waals surface area contributed by atoms with Crippen LogP contribution in [-0.4, -0.2) is 85.5 Å². The number of likely N-dealkylation sites (tertiary alicyclic amines) is 2. The summed E-state index contributed by atoms with van der Waals surface area (Å²) in [6, 6.07) is 0.846. The molecule has 6 heteroatoms. The predicted molar refractivity (Wildman–Crippen MR) is 161 cm³/mol. The van der Waals surface area contributed by atoms with E-state index in [4.69, 9.17) is 9.47 Å². The van der Waals surface area contributed by atoms with Gasteiger partial charge in [0.2, 0.25) is 0 Å². The summed E-state index contributed by atoms with van der Waals surface area (Å²) in [5.41, 5.74) is 0.377. The Hall–Kier alpha value is -1.14. The lowest BCUT2D eigenvalue weighted by atomic mass is 9.44. The van der Waals surface area contributed by atoms with Crippen LogP contribution >= 0.6 is 0 Å². The molecule has 0 spiro atoms. The summed E-state index contributed by atoms with van der Waals surface area (Å²) in [6.07, 6.45) is 16.4. The highest BCUT2D eigenvalue weighted by molar-refractivity contribution is 5.66. The van der Waals surface area contributed by atoms with E-state index in [0.717, 1.165) is 21.3 Å². The van der Waals surface area contributed by atoms with Crippen molar-refractivity contribution in [3.63, 3.8) is 0 Å². The van der Waals surface area contributed by atoms with Crippen molar-refractivity contribution in [3.05, 3.63) is 0 Å². The molecule has 4 aliphatic carbocycles. The van der Waals surface area contributed by atoms with Crippen molar-refractivity contribution in [2.75, 3.05) is 40.3 Å². The number of fused-ring (bicyclic) bond motifs is 5. The number of carbonyl (C=O) groups is 2. The van der Waals surface area contributed by atoms with Crippen molar-refractivity contribution in [2.45, 2.75) is 135 Å². The molecule has 2 aliphatic heterocycles. The fraction of sp³-hybridized carbons (Fsp3) is 0.943. The summed E-state index contributed by atoms with van der Waals surface area (Å²) < 4.78 is 14.7. The molecule has 10 atom stereocenters. The molecule has 6 rings (SSSR count). The quantitative estimate of drug-likeness (QED) is 0.301. The predicted octanol–water partition coefficient (Wildman–Crippen LogP) is 6.11. The molecule has 0 aromatic heterocycles. The zero-order valence-electron chi connectivity index (χ0n) is 27.2. The zero-order chi connectivity index (χ0) is 29.2. The number of likely N-dealkylation sites (N-methyl/N-ethyl adjacent to an activating group) is 2. The van der Waals surface area contributed by atoms with Crippen molar-refractivity contribution in [3.8, 4) is 0 Å². The van der Waals surface area contributed by atoms with E-state index in [9.17, 15) is 9.59 Å². The zero-order valence-corrected chi connectivity index (χ0v) is 27.2. The van der Waals surface area contributed by atoms with Gasteiger partial charge >= 0.3 is 11.9 Å². The standard InChI is InChI=1S/C35H60N2O4/c1-24(38)40-32-21-26-13-14-27-28(35(26,4)23-31(32)37(6)19-11-8-12-20-37)15-16-34(3)29(27)22-30(33(34)41-25(2)39)36(5)17-9-7-10-18-36/h26-33H,7-23H2,1-6H3/q+2/t26-,27+,28+,29-,30-,31-,32-,33+,34-,35-/m0/s1. The Morgan fingerprint density at radius 1 is 0.683 bits per heavy atom. The van der Waals surface area contributed by atoms with E-state index in [0.29, 0.717) is 35.3 Å². The lowest BCUT2D eigenvalue weighted by Crippen LogP contribution is -2.66. The molecule has 6 fully saturated rings. The van der Waals surface area contributed by atoms with E-state index in [1.165, 1.54) is 103 Å². The van der Waals surface area contributed by atoms with E-state index < -0.39 is 0 Å². The Labute approximate surface area is 250 Å². The molecule has 4 saturated carbocycles. The highest BCUT2D eigenvalue weighted by atomic mass is 16.5. The van der Waals surface area contributed by atoms with Crippen LogP contribution in [0.2, 0.25) is 0 Å². The Morgan fingerprint density at radius 2 is 1.27 bits per heavy atom. The number of hydrogen-bond donors (Lipinski definition) is 0. The fourth-order valence-corrected chi connectivity index (χ4v) is 12.3. The molecule has 232 valence electrons. The number of carbonyl (C=O) groups excluding carboxylic acids is 2. The Kier molecular flexibility index (Phi) is 7.87. The first-order valence-corrected chi connectivity index (χ1v) is 17.4. The summed E-state index contributed by atoms with van der Waals surface area (Å²) >= 11 is 0. The van der Waals surface area contributed by atoms with Crippen LogP contribution in [0.4, 0.5) is 0 Å². The first-order chi connectivity index (χ1) is 19.4. The van der Waals surface area contributed by atoms with Gasteiger partial charge in [0.1, 0.15) is 12.1 Å². The third kappa shape index (κ3) is 4.99. The van der Waals surface area contributed by atoms with Crippen LogP contribution < -0.4 is 0 Å². The highest BCUT2D eigenvalue weighted by Gasteiger charge is 2.68. The molecule has 2 heterocycles. The lowest BCUT2D eigenvalue weighted by molar-refractivity contribution is -0.943. The van der Waals surface area contributed by atoms with Gasteiger partial charge in [0.25, 0.3) is 0 Å². The van der Waals surface area contributed by atoms with Crippen LogP contribution in [0.5, 0.6) is 0 Å². The van der Waals surface area contributed by atoms with Gasteiger partial charge in [-0.1, -0.05) is 13.8 Å². The number of piperidine rings is 2. The summed E-state index contributed by atoms with van der Waals surface area (Å²) in [7, 11) is 4.94. The van der Waals surface area contributed by atoms with Crippen LogP contribution in [0, 0.1) is 34.5 Å². The van der Waals surface area contributed by atoms with Gasteiger partial charge in [0, 0.05) is 32.1 Å². The van der Waals surface area contributed by atoms with Gasteiger partial charge in [-0.25, -0.2) is 0 Å². The van der Waals surface area contributed by atoms with Gasteiger partial charge in [0.05, 0.1) is 40.3 Å². The SMILES string of the molecule is CC(=O)O[C@H]1C[C@@H]2CC[C@@H]3[C@@H](CC[C@]4(C)[C@H](OC(C)=O)[C@@H]([N+]5(C)CCCCC5)C[C@@H]34)[C@@]2(C)C[C@@H]1[N+]1(C)CCCCC1. The second-order valence-corrected chi connectivity index (χ2v) is 16.7. The summed E-state index contributed by atoms with van der Waals surface area (Å²) in [4.78, 5) is 24.8. The van der Waals surface area contributed by atoms with Gasteiger partial charge < -0.3 is 18.4 Å². The van der Waals surface area contributed by atoms with Gasteiger partial charge in [-0.2, -0.15) is 0 Å². The first-order valence-electron chi connectivity index (χ1n) is 17.4. The van der Waals surface area contributed by atoms with Gasteiger partial charge in [-0.05, 0) is 99.7 Å². The van der Waals surface area contributed by atoms with Crippen molar-refractivity contribution >= 4 is 11.9 Å². The van der Waals surface area contributed by atoms with Crippen LogP contribution in [0.25, 0.3) is 0 Å². The summed E-state index contributed by atoms with van der Waals surface area (Å²) in [6.45, 7) is 13.3. The molecule has 0 amide bonds. The number of hydrogen-bond acceptors (Lipinski definition) is 4. The maximum atomic E-state index is 12.5. The monoisotopic (exact) mass is 572 g/mol. The van der Waals surface area contributed by atoms with Crippen LogP contribution in [-0.2, 0) is 19.1 Å². The van der Waals surface area contributed by atoms with Crippen LogP contribution in [0.15, 0.2) is 0 Å². The summed E-state index contributed by atoms with van der Waals surface area (Å²) in [5.74, 6) is 2.52. The molecule has 2 saturated heterocycles. The van der Waals surface area contributed by atoms with Crippen molar-refractivity contribution in [1.82, 2.24) is 0 Å². The number of rotatable bonds is 4. The van der Waals surface area contributed by atoms with Crippen molar-refractivity contribution in [2.24, 2.45) is 34.5 Å². The molecule has 0 bridgehead atoms. The third-order valence-electron chi connectivity index (χ3n) is 14.5. The third-order valence-corrected chi connectivity index (χ3v) is 14.5. The minimum atomic E-state index is -0.0998. The fourth-order valence-electron chi connectivity index (χ4n) is 12.3. The van der Waals surface area contributed by atoms with Crippen molar-refractivity contribution in [1.29, 1.82) is 0 Å². The normalized spacial score (nSPS) is 46.9. The molecule has 41 heavy (non-hydrogen) atoms. The van der Waals surface area contributed by atoms with E-state index in [1.54, 1.807) is 13.8 Å². The van der Waals surface area contributed by atoms with Gasteiger partial charge in [-0.15, -0.1) is 0 Å². The van der Waals surface area contributed by atoms with E-state index in [-0.39, 0.29) is 29.6 Å². The van der Waals surface area contributed by atoms with E-state index in [2.05, 4.69) is 27.9 Å². The average Bonchev–Trinajstić information content (AvgIpc) is 3.21. The number of nitrogens with zero attached hydrogens (tertiary/aromatic N) is 2. The second-order valence-electron chi connectivity index (χ2n) is 16.7. The number of ether oxygens (including phenoxy) is 2. The molecule has 0 aromatic carbocycles. The molecule has 6 aliphatic rings. The Balaban J connectivity index is 1.31. The minimum Gasteiger partial charge on any atom is -0.456 e. The largest absolute Gasteiger partial charge is 0.456 e. The molecular formula is C35H60N2O4+2. The topological polar surface area (TPSA) is 52.6 Å². The molecular weight excluding hydrogens is 512 g/mol. The smallest absolute Gasteiger partial charge is 0.303 e. The molecule has 6 nitrogen and oxygen atoms in total. The second kappa shape index (κ2) is 10.8. The Morgan fingerprint density at radius 3 is 1.85 bits per heavy atom. The molecule has 0 unspecified atom stereocenters. The lowest BCUT2D eigenvalue weighted by Gasteiger charge is -2.63.